The lowest BCUT2D eigenvalue weighted by Crippen LogP contribution is -2.43. The Bertz CT molecular complexity index is 661. The van der Waals surface area contributed by atoms with Crippen molar-refractivity contribution >= 4 is 5.97 Å². The fraction of sp³-hybridized carbons (Fsp3) is 0.640. The van der Waals surface area contributed by atoms with E-state index < -0.39 is 29.9 Å². The topological polar surface area (TPSA) is 107 Å². The quantitative estimate of drug-likeness (QED) is 0.226. The lowest BCUT2D eigenvalue weighted by Gasteiger charge is -2.32. The number of carbonyl (C=O) groups is 1. The Morgan fingerprint density at radius 1 is 1.19 bits per heavy atom. The Balaban J connectivity index is 1.95. The summed E-state index contributed by atoms with van der Waals surface area (Å²) in [7, 11) is 0. The zero-order chi connectivity index (χ0) is 22.7. The number of carbonyl (C=O) groups excluding carboxylic acids is 1. The van der Waals surface area contributed by atoms with Crippen LogP contribution in [0.5, 0.6) is 0 Å². The number of aliphatic hydroxyl groups is 4. The summed E-state index contributed by atoms with van der Waals surface area (Å²) in [5, 5.41) is 41.1. The predicted molar refractivity (Wildman–Crippen MR) is 120 cm³/mol. The Kier molecular flexibility index (Phi) is 10.7. The molecule has 4 N–H and O–H groups in total. The van der Waals surface area contributed by atoms with Crippen LogP contribution in [0.3, 0.4) is 0 Å². The van der Waals surface area contributed by atoms with E-state index in [0.29, 0.717) is 5.92 Å². The SMILES string of the molecule is CCC1C=CC(=O)OC1/C=C/C(O)(CCO)C(O)CC(O)/C=C\C=C/C1CCCCC1. The third-order valence-corrected chi connectivity index (χ3v) is 6.23. The average Bonchev–Trinajstić information content (AvgIpc) is 2.76. The van der Waals surface area contributed by atoms with Gasteiger partial charge in [0.05, 0.1) is 12.2 Å². The summed E-state index contributed by atoms with van der Waals surface area (Å²) in [6, 6.07) is 0. The van der Waals surface area contributed by atoms with Crippen molar-refractivity contribution in [2.24, 2.45) is 11.8 Å². The van der Waals surface area contributed by atoms with Crippen LogP contribution in [0.2, 0.25) is 0 Å². The molecule has 31 heavy (non-hydrogen) atoms. The number of ether oxygens (including phenoxy) is 1. The summed E-state index contributed by atoms with van der Waals surface area (Å²) in [6.07, 6.45) is 17.6. The van der Waals surface area contributed by atoms with Gasteiger partial charge < -0.3 is 25.2 Å². The Hall–Kier alpha value is -1.73. The molecule has 1 fully saturated rings. The van der Waals surface area contributed by atoms with E-state index in [2.05, 4.69) is 6.08 Å². The summed E-state index contributed by atoms with van der Waals surface area (Å²) in [5.41, 5.74) is -1.74. The average molecular weight is 435 g/mol. The number of esters is 1. The van der Waals surface area contributed by atoms with E-state index in [4.69, 9.17) is 4.74 Å². The molecule has 1 aliphatic heterocycles. The summed E-state index contributed by atoms with van der Waals surface area (Å²) in [4.78, 5) is 11.5. The number of aliphatic hydroxyl groups excluding tert-OH is 3. The first-order valence-corrected chi connectivity index (χ1v) is 11.5. The molecule has 0 amide bonds. The molecule has 0 aromatic rings. The summed E-state index contributed by atoms with van der Waals surface area (Å²) < 4.78 is 5.30. The molecule has 2 rings (SSSR count). The van der Waals surface area contributed by atoms with Crippen molar-refractivity contribution < 1.29 is 30.0 Å². The first-order valence-electron chi connectivity index (χ1n) is 11.5. The minimum atomic E-state index is -1.74. The molecule has 0 bridgehead atoms. The van der Waals surface area contributed by atoms with E-state index in [9.17, 15) is 25.2 Å². The number of hydrogen-bond donors (Lipinski definition) is 4. The van der Waals surface area contributed by atoms with Crippen molar-refractivity contribution in [2.45, 2.75) is 82.2 Å². The fourth-order valence-electron chi connectivity index (χ4n) is 4.18. The van der Waals surface area contributed by atoms with Crippen LogP contribution in [0, 0.1) is 11.8 Å². The van der Waals surface area contributed by atoms with Gasteiger partial charge in [0, 0.05) is 31.4 Å². The van der Waals surface area contributed by atoms with Gasteiger partial charge in [-0.2, -0.15) is 0 Å². The van der Waals surface area contributed by atoms with E-state index in [1.54, 1.807) is 24.3 Å². The molecule has 1 aliphatic carbocycles. The van der Waals surface area contributed by atoms with E-state index in [1.807, 2.05) is 13.0 Å². The minimum Gasteiger partial charge on any atom is -0.454 e. The molecule has 0 aromatic carbocycles. The molecular formula is C25H38O6. The molecule has 5 atom stereocenters. The van der Waals surface area contributed by atoms with Gasteiger partial charge in [-0.1, -0.05) is 62.6 Å². The highest BCUT2D eigenvalue weighted by Crippen LogP contribution is 2.26. The highest BCUT2D eigenvalue weighted by molar-refractivity contribution is 5.83. The zero-order valence-electron chi connectivity index (χ0n) is 18.5. The summed E-state index contributed by atoms with van der Waals surface area (Å²) >= 11 is 0. The van der Waals surface area contributed by atoms with Crippen LogP contribution in [0.1, 0.15) is 58.3 Å². The minimum absolute atomic E-state index is 0.0195. The van der Waals surface area contributed by atoms with E-state index in [0.717, 1.165) is 6.42 Å². The van der Waals surface area contributed by atoms with Gasteiger partial charge in [0.1, 0.15) is 11.7 Å². The van der Waals surface area contributed by atoms with Gasteiger partial charge in [0.25, 0.3) is 0 Å². The Labute approximate surface area is 185 Å². The molecule has 0 aromatic heterocycles. The third-order valence-electron chi connectivity index (χ3n) is 6.23. The Morgan fingerprint density at radius 2 is 1.94 bits per heavy atom. The lowest BCUT2D eigenvalue weighted by molar-refractivity contribution is -0.143. The smallest absolute Gasteiger partial charge is 0.331 e. The fourth-order valence-corrected chi connectivity index (χ4v) is 4.18. The van der Waals surface area contributed by atoms with Crippen molar-refractivity contribution in [3.63, 3.8) is 0 Å². The molecule has 0 radical (unpaired) electrons. The third kappa shape index (κ3) is 8.37. The molecule has 6 heteroatoms. The second-order valence-corrected chi connectivity index (χ2v) is 8.64. The molecule has 1 heterocycles. The maximum absolute atomic E-state index is 11.5. The monoisotopic (exact) mass is 434 g/mol. The van der Waals surface area contributed by atoms with Gasteiger partial charge in [-0.25, -0.2) is 4.79 Å². The van der Waals surface area contributed by atoms with E-state index in [1.165, 1.54) is 44.3 Å². The van der Waals surface area contributed by atoms with Gasteiger partial charge in [0.15, 0.2) is 0 Å². The molecule has 5 unspecified atom stereocenters. The number of allylic oxidation sites excluding steroid dienone is 3. The number of rotatable bonds is 11. The van der Waals surface area contributed by atoms with Crippen LogP contribution in [-0.4, -0.2) is 56.9 Å². The second-order valence-electron chi connectivity index (χ2n) is 8.64. The van der Waals surface area contributed by atoms with Crippen molar-refractivity contribution in [3.8, 4) is 0 Å². The molecule has 6 nitrogen and oxygen atoms in total. The highest BCUT2D eigenvalue weighted by Gasteiger charge is 2.34. The van der Waals surface area contributed by atoms with Crippen LogP contribution < -0.4 is 0 Å². The second kappa shape index (κ2) is 13.0. The number of cyclic esters (lactones) is 1. The van der Waals surface area contributed by atoms with Crippen LogP contribution in [-0.2, 0) is 9.53 Å². The van der Waals surface area contributed by atoms with Crippen LogP contribution >= 0.6 is 0 Å². The van der Waals surface area contributed by atoms with Crippen LogP contribution in [0.15, 0.2) is 48.6 Å². The molecule has 0 saturated heterocycles. The lowest BCUT2D eigenvalue weighted by atomic mass is 9.87. The normalized spacial score (nSPS) is 27.1. The van der Waals surface area contributed by atoms with E-state index >= 15 is 0 Å². The van der Waals surface area contributed by atoms with Crippen molar-refractivity contribution in [1.29, 1.82) is 0 Å². The molecule has 0 spiro atoms. The largest absolute Gasteiger partial charge is 0.454 e. The van der Waals surface area contributed by atoms with Gasteiger partial charge in [-0.15, -0.1) is 0 Å². The zero-order valence-corrected chi connectivity index (χ0v) is 18.5. The summed E-state index contributed by atoms with van der Waals surface area (Å²) in [5.74, 6) is 0.123. The molecule has 1 saturated carbocycles. The maximum atomic E-state index is 11.5. The van der Waals surface area contributed by atoms with Gasteiger partial charge in [0.2, 0.25) is 0 Å². The van der Waals surface area contributed by atoms with Crippen LogP contribution in [0.25, 0.3) is 0 Å². The van der Waals surface area contributed by atoms with Gasteiger partial charge in [-0.05, 0) is 31.3 Å². The van der Waals surface area contributed by atoms with Gasteiger partial charge in [-0.3, -0.25) is 0 Å². The van der Waals surface area contributed by atoms with Gasteiger partial charge >= 0.3 is 5.97 Å². The summed E-state index contributed by atoms with van der Waals surface area (Å²) in [6.45, 7) is 1.63. The van der Waals surface area contributed by atoms with E-state index in [-0.39, 0.29) is 25.4 Å². The number of hydrogen-bond acceptors (Lipinski definition) is 6. The molecule has 174 valence electrons. The molecule has 2 aliphatic rings. The van der Waals surface area contributed by atoms with Crippen LogP contribution in [0.4, 0.5) is 0 Å². The molecular weight excluding hydrogens is 396 g/mol. The van der Waals surface area contributed by atoms with Crippen molar-refractivity contribution in [2.75, 3.05) is 6.61 Å². The maximum Gasteiger partial charge on any atom is 0.331 e. The predicted octanol–water partition coefficient (Wildman–Crippen LogP) is 2.97. The first kappa shape index (κ1) is 25.5. The standard InChI is InChI=1S/C25H38O6/c1-2-20-12-13-24(29)31-22(20)14-15-25(30,16-17-26)23(28)18-21(27)11-7-6-10-19-8-4-3-5-9-19/h6-7,10-15,19-23,26-28,30H,2-5,8-9,16-18H2,1H3/b10-6-,11-7-,15-14+. The van der Waals surface area contributed by atoms with Crippen molar-refractivity contribution in [1.82, 2.24) is 0 Å². The first-order chi connectivity index (χ1) is 14.9. The Morgan fingerprint density at radius 3 is 2.61 bits per heavy atom. The van der Waals surface area contributed by atoms with Crippen molar-refractivity contribution in [3.05, 3.63) is 48.6 Å². The highest BCUT2D eigenvalue weighted by atomic mass is 16.5.